The first-order chi connectivity index (χ1) is 8.40. The van der Waals surface area contributed by atoms with Crippen LogP contribution < -0.4 is 4.72 Å². The standard InChI is InChI=1S/C10H12BrNO4S2/c11-8-3-4-17-10(8)18(15,16)12-7-2-1-6(5-7)9(13)14/h3-4,6-7,12H,1-2,5H2,(H,13,14). The van der Waals surface area contributed by atoms with Gasteiger partial charge in [0.15, 0.2) is 0 Å². The zero-order valence-electron chi connectivity index (χ0n) is 9.30. The van der Waals surface area contributed by atoms with Gasteiger partial charge in [0.25, 0.3) is 10.0 Å². The van der Waals surface area contributed by atoms with Crippen LogP contribution in [0.4, 0.5) is 0 Å². The van der Waals surface area contributed by atoms with E-state index in [1.165, 1.54) is 0 Å². The number of sulfonamides is 1. The van der Waals surface area contributed by atoms with Crippen molar-refractivity contribution in [3.8, 4) is 0 Å². The average molecular weight is 354 g/mol. The van der Waals surface area contributed by atoms with Gasteiger partial charge < -0.3 is 5.11 Å². The third-order valence-corrected chi connectivity index (χ3v) is 7.12. The van der Waals surface area contributed by atoms with E-state index in [0.717, 1.165) is 11.3 Å². The minimum atomic E-state index is -3.55. The van der Waals surface area contributed by atoms with E-state index >= 15 is 0 Å². The topological polar surface area (TPSA) is 83.5 Å². The van der Waals surface area contributed by atoms with Crippen LogP contribution >= 0.6 is 27.3 Å². The van der Waals surface area contributed by atoms with Crippen LogP contribution in [-0.4, -0.2) is 25.5 Å². The Morgan fingerprint density at radius 3 is 2.72 bits per heavy atom. The van der Waals surface area contributed by atoms with Crippen molar-refractivity contribution < 1.29 is 18.3 Å². The summed E-state index contributed by atoms with van der Waals surface area (Å²) < 4.78 is 27.5. The van der Waals surface area contributed by atoms with Gasteiger partial charge in [0.2, 0.25) is 0 Å². The van der Waals surface area contributed by atoms with E-state index in [-0.39, 0.29) is 10.3 Å². The molecule has 0 aliphatic heterocycles. The third kappa shape index (κ3) is 2.93. The summed E-state index contributed by atoms with van der Waals surface area (Å²) in [7, 11) is -3.55. The summed E-state index contributed by atoms with van der Waals surface area (Å²) in [5.74, 6) is -1.29. The maximum atomic E-state index is 12.1. The van der Waals surface area contributed by atoms with Gasteiger partial charge in [-0.05, 0) is 46.6 Å². The fraction of sp³-hybridized carbons (Fsp3) is 0.500. The normalized spacial score (nSPS) is 24.3. The van der Waals surface area contributed by atoms with Gasteiger partial charge in [-0.1, -0.05) is 0 Å². The fourth-order valence-electron chi connectivity index (χ4n) is 2.06. The largest absolute Gasteiger partial charge is 0.481 e. The molecule has 0 amide bonds. The van der Waals surface area contributed by atoms with Crippen LogP contribution in [0, 0.1) is 5.92 Å². The van der Waals surface area contributed by atoms with Crippen molar-refractivity contribution in [3.63, 3.8) is 0 Å². The molecule has 2 rings (SSSR count). The lowest BCUT2D eigenvalue weighted by Crippen LogP contribution is -2.33. The van der Waals surface area contributed by atoms with E-state index in [1.54, 1.807) is 11.4 Å². The molecule has 0 spiro atoms. The van der Waals surface area contributed by atoms with Gasteiger partial charge in [-0.25, -0.2) is 13.1 Å². The second-order valence-electron chi connectivity index (χ2n) is 4.22. The predicted molar refractivity (Wildman–Crippen MR) is 71.1 cm³/mol. The van der Waals surface area contributed by atoms with E-state index in [4.69, 9.17) is 5.11 Å². The van der Waals surface area contributed by atoms with Gasteiger partial charge in [0.1, 0.15) is 4.21 Å². The molecule has 5 nitrogen and oxygen atoms in total. The summed E-state index contributed by atoms with van der Waals surface area (Å²) in [4.78, 5) is 10.8. The highest BCUT2D eigenvalue weighted by Crippen LogP contribution is 2.30. The Labute approximate surface area is 117 Å². The van der Waals surface area contributed by atoms with Crippen molar-refractivity contribution in [1.29, 1.82) is 0 Å². The van der Waals surface area contributed by atoms with Crippen LogP contribution in [0.1, 0.15) is 19.3 Å². The first-order valence-corrected chi connectivity index (χ1v) is 8.54. The molecular formula is C10H12BrNO4S2. The molecule has 1 aliphatic carbocycles. The number of carboxylic acid groups (broad SMARTS) is 1. The highest BCUT2D eigenvalue weighted by atomic mass is 79.9. The molecule has 0 bridgehead atoms. The molecule has 1 aromatic heterocycles. The quantitative estimate of drug-likeness (QED) is 0.867. The van der Waals surface area contributed by atoms with Crippen molar-refractivity contribution in [2.45, 2.75) is 29.5 Å². The fourth-order valence-corrected chi connectivity index (χ4v) is 5.69. The molecule has 1 aromatic rings. The van der Waals surface area contributed by atoms with Crippen LogP contribution in [0.5, 0.6) is 0 Å². The van der Waals surface area contributed by atoms with Gasteiger partial charge in [-0.2, -0.15) is 0 Å². The lowest BCUT2D eigenvalue weighted by molar-refractivity contribution is -0.141. The number of thiophene rings is 1. The SMILES string of the molecule is O=C(O)C1CCC(NS(=O)(=O)c2sccc2Br)C1. The summed E-state index contributed by atoms with van der Waals surface area (Å²) in [5.41, 5.74) is 0. The van der Waals surface area contributed by atoms with Gasteiger partial charge in [-0.3, -0.25) is 4.79 Å². The molecular weight excluding hydrogens is 342 g/mol. The van der Waals surface area contributed by atoms with Crippen molar-refractivity contribution >= 4 is 43.3 Å². The van der Waals surface area contributed by atoms with Crippen LogP contribution in [0.3, 0.4) is 0 Å². The zero-order chi connectivity index (χ0) is 13.3. The van der Waals surface area contributed by atoms with E-state index in [9.17, 15) is 13.2 Å². The first-order valence-electron chi connectivity index (χ1n) is 5.38. The monoisotopic (exact) mass is 353 g/mol. The molecule has 2 N–H and O–H groups in total. The highest BCUT2D eigenvalue weighted by Gasteiger charge is 2.33. The summed E-state index contributed by atoms with van der Waals surface area (Å²) in [6.45, 7) is 0. The number of hydrogen-bond acceptors (Lipinski definition) is 4. The minimum Gasteiger partial charge on any atom is -0.481 e. The summed E-state index contributed by atoms with van der Waals surface area (Å²) in [5, 5.41) is 10.6. The Kier molecular flexibility index (Phi) is 4.10. The van der Waals surface area contributed by atoms with Crippen LogP contribution in [0.2, 0.25) is 0 Å². The number of carbonyl (C=O) groups is 1. The van der Waals surface area contributed by atoms with Crippen LogP contribution in [0.15, 0.2) is 20.1 Å². The second-order valence-corrected chi connectivity index (χ2v) is 7.90. The second kappa shape index (κ2) is 5.28. The van der Waals surface area contributed by atoms with Crippen molar-refractivity contribution in [2.24, 2.45) is 5.92 Å². The molecule has 0 aromatic carbocycles. The zero-order valence-corrected chi connectivity index (χ0v) is 12.5. The molecule has 1 fully saturated rings. The molecule has 18 heavy (non-hydrogen) atoms. The first kappa shape index (κ1) is 14.0. The van der Waals surface area contributed by atoms with E-state index in [0.29, 0.717) is 23.7 Å². The Hall–Kier alpha value is -0.440. The molecule has 1 saturated carbocycles. The Morgan fingerprint density at radius 2 is 2.22 bits per heavy atom. The van der Waals surface area contributed by atoms with Gasteiger partial charge in [-0.15, -0.1) is 11.3 Å². The lowest BCUT2D eigenvalue weighted by Gasteiger charge is -2.12. The number of rotatable bonds is 4. The minimum absolute atomic E-state index is 0.237. The predicted octanol–water partition coefficient (Wildman–Crippen LogP) is 2.04. The lowest BCUT2D eigenvalue weighted by atomic mass is 10.1. The van der Waals surface area contributed by atoms with Crippen molar-refractivity contribution in [1.82, 2.24) is 4.72 Å². The summed E-state index contributed by atoms with van der Waals surface area (Å²) in [6, 6.07) is 1.39. The van der Waals surface area contributed by atoms with Gasteiger partial charge >= 0.3 is 5.97 Å². The third-order valence-electron chi connectivity index (χ3n) is 2.93. The maximum Gasteiger partial charge on any atom is 0.306 e. The number of carboxylic acids is 1. The van der Waals surface area contributed by atoms with Gasteiger partial charge in [0, 0.05) is 10.5 Å². The van der Waals surface area contributed by atoms with E-state index < -0.39 is 21.9 Å². The number of aliphatic carboxylic acids is 1. The van der Waals surface area contributed by atoms with E-state index in [1.807, 2.05) is 0 Å². The number of halogens is 1. The smallest absolute Gasteiger partial charge is 0.306 e. The Bertz CT molecular complexity index is 554. The molecule has 2 atom stereocenters. The van der Waals surface area contributed by atoms with Gasteiger partial charge in [0.05, 0.1) is 5.92 Å². The van der Waals surface area contributed by atoms with Crippen LogP contribution in [-0.2, 0) is 14.8 Å². The highest BCUT2D eigenvalue weighted by molar-refractivity contribution is 9.10. The molecule has 0 radical (unpaired) electrons. The number of nitrogens with one attached hydrogen (secondary N) is 1. The Balaban J connectivity index is 2.07. The molecule has 0 saturated heterocycles. The molecule has 1 heterocycles. The molecule has 8 heteroatoms. The maximum absolute atomic E-state index is 12.1. The molecule has 100 valence electrons. The molecule has 2 unspecified atom stereocenters. The van der Waals surface area contributed by atoms with E-state index in [2.05, 4.69) is 20.7 Å². The van der Waals surface area contributed by atoms with Crippen molar-refractivity contribution in [2.75, 3.05) is 0 Å². The number of hydrogen-bond donors (Lipinski definition) is 2. The Morgan fingerprint density at radius 1 is 1.50 bits per heavy atom. The molecule has 1 aliphatic rings. The average Bonchev–Trinajstić information content (AvgIpc) is 2.86. The summed E-state index contributed by atoms with van der Waals surface area (Å²) >= 11 is 4.32. The summed E-state index contributed by atoms with van der Waals surface area (Å²) in [6.07, 6.45) is 1.45. The van der Waals surface area contributed by atoms with Crippen molar-refractivity contribution in [3.05, 3.63) is 15.9 Å². The van der Waals surface area contributed by atoms with Crippen LogP contribution in [0.25, 0.3) is 0 Å².